The Morgan fingerprint density at radius 2 is 1.74 bits per heavy atom. The average molecular weight is 383 g/mol. The molecule has 0 saturated carbocycles. The first-order valence-electron chi connectivity index (χ1n) is 7.12. The Kier molecular flexibility index (Phi) is 3.75. The van der Waals surface area contributed by atoms with E-state index in [2.05, 4.69) is 25.9 Å². The number of amides is 1. The summed E-state index contributed by atoms with van der Waals surface area (Å²) in [6.07, 6.45) is 0. The van der Waals surface area contributed by atoms with Gasteiger partial charge < -0.3 is 0 Å². The zero-order valence-electron chi connectivity index (χ0n) is 11.9. The van der Waals surface area contributed by atoms with Crippen molar-refractivity contribution >= 4 is 49.5 Å². The molecule has 112 valence electrons. The Morgan fingerprint density at radius 3 is 2.57 bits per heavy atom. The maximum atomic E-state index is 12.4. The fraction of sp³-hybridized carbons (Fsp3) is 0.0556. The molecule has 2 aromatic carbocycles. The van der Waals surface area contributed by atoms with Crippen LogP contribution in [0, 0.1) is 0 Å². The molecule has 1 unspecified atom stereocenters. The summed E-state index contributed by atoms with van der Waals surface area (Å²) in [5, 5.41) is 1.40. The first-order valence-corrected chi connectivity index (χ1v) is 8.79. The van der Waals surface area contributed by atoms with Crippen molar-refractivity contribution in [1.82, 2.24) is 4.98 Å². The lowest BCUT2D eigenvalue weighted by atomic mass is 10.1. The van der Waals surface area contributed by atoms with Gasteiger partial charge in [-0.25, -0.2) is 9.98 Å². The molecule has 1 aliphatic rings. The number of para-hydroxylation sites is 1. The minimum Gasteiger partial charge on any atom is -0.271 e. The number of aromatic nitrogens is 1. The van der Waals surface area contributed by atoms with Gasteiger partial charge in [0.2, 0.25) is 0 Å². The van der Waals surface area contributed by atoms with Crippen LogP contribution in [0.2, 0.25) is 0 Å². The molecule has 2 heterocycles. The fourth-order valence-corrected chi connectivity index (χ4v) is 4.32. The summed E-state index contributed by atoms with van der Waals surface area (Å²) >= 11 is 5.01. The monoisotopic (exact) mass is 382 g/mol. The van der Waals surface area contributed by atoms with Crippen molar-refractivity contribution < 1.29 is 4.79 Å². The molecule has 3 nitrogen and oxygen atoms in total. The quantitative estimate of drug-likeness (QED) is 0.641. The largest absolute Gasteiger partial charge is 0.271 e. The van der Waals surface area contributed by atoms with Crippen LogP contribution in [0.5, 0.6) is 0 Å². The van der Waals surface area contributed by atoms with Gasteiger partial charge in [-0.1, -0.05) is 60.3 Å². The summed E-state index contributed by atoms with van der Waals surface area (Å²) in [6, 6.07) is 19.7. The third-order valence-electron chi connectivity index (χ3n) is 3.64. The Labute approximate surface area is 146 Å². The molecule has 1 amide bonds. The van der Waals surface area contributed by atoms with E-state index in [9.17, 15) is 4.79 Å². The predicted octanol–water partition coefficient (Wildman–Crippen LogP) is 4.76. The van der Waals surface area contributed by atoms with Crippen molar-refractivity contribution in [3.63, 3.8) is 0 Å². The first kappa shape index (κ1) is 14.6. The van der Waals surface area contributed by atoms with Gasteiger partial charge in [0.1, 0.15) is 10.3 Å². The third kappa shape index (κ3) is 2.71. The molecule has 4 rings (SSSR count). The molecule has 5 heteroatoms. The number of fused-ring (bicyclic) bond motifs is 1. The van der Waals surface area contributed by atoms with Crippen molar-refractivity contribution in [2.45, 2.75) is 5.25 Å². The number of aliphatic imine (C=N–C) groups is 1. The highest BCUT2D eigenvalue weighted by molar-refractivity contribution is 9.10. The summed E-state index contributed by atoms with van der Waals surface area (Å²) in [5.74, 6) is -0.155. The van der Waals surface area contributed by atoms with Gasteiger partial charge in [0, 0.05) is 15.4 Å². The van der Waals surface area contributed by atoms with E-state index in [0.717, 1.165) is 31.7 Å². The van der Waals surface area contributed by atoms with Gasteiger partial charge in [-0.05, 0) is 28.1 Å². The van der Waals surface area contributed by atoms with E-state index >= 15 is 0 Å². The van der Waals surface area contributed by atoms with Crippen LogP contribution in [-0.2, 0) is 4.79 Å². The van der Waals surface area contributed by atoms with E-state index in [0.29, 0.717) is 0 Å². The molecule has 0 spiro atoms. The predicted molar refractivity (Wildman–Crippen MR) is 97.8 cm³/mol. The van der Waals surface area contributed by atoms with Crippen molar-refractivity contribution in [2.24, 2.45) is 4.99 Å². The number of thioether (sulfide) groups is 1. The number of hydrogen-bond donors (Lipinski definition) is 0. The van der Waals surface area contributed by atoms with Crippen LogP contribution in [0.1, 0.15) is 16.5 Å². The maximum Gasteiger partial charge on any atom is 0.266 e. The highest BCUT2D eigenvalue weighted by Crippen LogP contribution is 2.41. The number of carbonyl (C=O) groups is 1. The van der Waals surface area contributed by atoms with Gasteiger partial charge in [-0.2, -0.15) is 0 Å². The van der Waals surface area contributed by atoms with Crippen LogP contribution in [0.3, 0.4) is 0 Å². The highest BCUT2D eigenvalue weighted by atomic mass is 79.9. The Balaban J connectivity index is 1.73. The lowest BCUT2D eigenvalue weighted by Gasteiger charge is -2.10. The Bertz CT molecular complexity index is 940. The molecule has 3 aromatic rings. The molecule has 0 aliphatic carbocycles. The minimum atomic E-state index is -0.399. The smallest absolute Gasteiger partial charge is 0.266 e. The van der Waals surface area contributed by atoms with Gasteiger partial charge >= 0.3 is 0 Å². The minimum absolute atomic E-state index is 0.155. The molecule has 0 radical (unpaired) electrons. The molecule has 23 heavy (non-hydrogen) atoms. The highest BCUT2D eigenvalue weighted by Gasteiger charge is 2.33. The van der Waals surface area contributed by atoms with Crippen LogP contribution in [-0.4, -0.2) is 15.9 Å². The second-order valence-electron chi connectivity index (χ2n) is 5.17. The van der Waals surface area contributed by atoms with Crippen LogP contribution < -0.4 is 0 Å². The van der Waals surface area contributed by atoms with Gasteiger partial charge in [0.15, 0.2) is 0 Å². The second kappa shape index (κ2) is 5.91. The van der Waals surface area contributed by atoms with Crippen LogP contribution in [0.15, 0.2) is 70.1 Å². The van der Waals surface area contributed by atoms with E-state index in [1.54, 1.807) is 0 Å². The number of rotatable bonds is 2. The van der Waals surface area contributed by atoms with Gasteiger partial charge in [-0.3, -0.25) is 4.79 Å². The molecule has 1 atom stereocenters. The number of carbonyl (C=O) groups excluding carboxylic acids is 1. The SMILES string of the molecule is O=C1N=C(c2ccccc2)SC1c1nc2ccccc2cc1Br. The third-order valence-corrected chi connectivity index (χ3v) is 5.49. The number of nitrogens with zero attached hydrogens (tertiary/aromatic N) is 2. The van der Waals surface area contributed by atoms with E-state index < -0.39 is 5.25 Å². The fourth-order valence-electron chi connectivity index (χ4n) is 2.52. The average Bonchev–Trinajstić information content (AvgIpc) is 2.97. The normalized spacial score (nSPS) is 17.5. The van der Waals surface area contributed by atoms with Crippen molar-refractivity contribution in [3.8, 4) is 0 Å². The van der Waals surface area contributed by atoms with E-state index in [1.807, 2.05) is 60.7 Å². The molecule has 1 aliphatic heterocycles. The first-order chi connectivity index (χ1) is 11.2. The molecule has 1 aromatic heterocycles. The molecular formula is C18H11BrN2OS. The molecule has 0 fully saturated rings. The van der Waals surface area contributed by atoms with Gasteiger partial charge in [0.25, 0.3) is 5.91 Å². The van der Waals surface area contributed by atoms with Gasteiger partial charge in [0.05, 0.1) is 11.2 Å². The van der Waals surface area contributed by atoms with Crippen LogP contribution in [0.25, 0.3) is 10.9 Å². The molecule has 0 saturated heterocycles. The van der Waals surface area contributed by atoms with E-state index in [-0.39, 0.29) is 5.91 Å². The molecule has 0 bridgehead atoms. The lowest BCUT2D eigenvalue weighted by molar-refractivity contribution is -0.117. The number of pyridine rings is 1. The summed E-state index contributed by atoms with van der Waals surface area (Å²) in [4.78, 5) is 21.3. The van der Waals surface area contributed by atoms with E-state index in [4.69, 9.17) is 0 Å². The maximum absolute atomic E-state index is 12.4. The topological polar surface area (TPSA) is 42.3 Å². The summed E-state index contributed by atoms with van der Waals surface area (Å²) in [5.41, 5.74) is 2.57. The van der Waals surface area contributed by atoms with Crippen molar-refractivity contribution in [1.29, 1.82) is 0 Å². The lowest BCUT2D eigenvalue weighted by Crippen LogP contribution is -2.05. The second-order valence-corrected chi connectivity index (χ2v) is 7.12. The number of benzene rings is 2. The molecule has 0 N–H and O–H groups in total. The van der Waals surface area contributed by atoms with Crippen LogP contribution >= 0.6 is 27.7 Å². The zero-order valence-corrected chi connectivity index (χ0v) is 14.3. The number of halogens is 1. The summed E-state index contributed by atoms with van der Waals surface area (Å²) in [7, 11) is 0. The van der Waals surface area contributed by atoms with Crippen LogP contribution in [0.4, 0.5) is 0 Å². The van der Waals surface area contributed by atoms with Gasteiger partial charge in [-0.15, -0.1) is 0 Å². The molecular weight excluding hydrogens is 372 g/mol. The summed E-state index contributed by atoms with van der Waals surface area (Å²) < 4.78 is 0.839. The Hall–Kier alpha value is -1.98. The van der Waals surface area contributed by atoms with Crippen molar-refractivity contribution in [3.05, 3.63) is 76.4 Å². The Morgan fingerprint density at radius 1 is 1.00 bits per heavy atom. The van der Waals surface area contributed by atoms with Crippen molar-refractivity contribution in [2.75, 3.05) is 0 Å². The standard InChI is InChI=1S/C18H11BrN2OS/c19-13-10-12-8-4-5-9-14(12)20-15(13)16-17(22)21-18(23-16)11-6-2-1-3-7-11/h1-10,16H. The zero-order chi connectivity index (χ0) is 15.8. The summed E-state index contributed by atoms with van der Waals surface area (Å²) in [6.45, 7) is 0. The van der Waals surface area contributed by atoms with E-state index in [1.165, 1.54) is 11.8 Å². The number of hydrogen-bond acceptors (Lipinski definition) is 3.